The summed E-state index contributed by atoms with van der Waals surface area (Å²) in [6, 6.07) is 14.7. The molecule has 0 aromatic heterocycles. The molecule has 2 aromatic carbocycles. The molecular weight excluding hydrogens is 344 g/mol. The van der Waals surface area contributed by atoms with Crippen molar-refractivity contribution in [1.82, 2.24) is 0 Å². The zero-order chi connectivity index (χ0) is 18.4. The van der Waals surface area contributed by atoms with E-state index in [2.05, 4.69) is 10.0 Å². The van der Waals surface area contributed by atoms with Gasteiger partial charge in [-0.3, -0.25) is 9.52 Å². The van der Waals surface area contributed by atoms with E-state index in [0.29, 0.717) is 5.69 Å². The lowest BCUT2D eigenvalue weighted by Gasteiger charge is -2.15. The smallest absolute Gasteiger partial charge is 0.341 e. The van der Waals surface area contributed by atoms with Gasteiger partial charge in [0.15, 0.2) is 6.10 Å². The Morgan fingerprint density at radius 1 is 1.00 bits per heavy atom. The van der Waals surface area contributed by atoms with Gasteiger partial charge < -0.3 is 10.1 Å². The van der Waals surface area contributed by atoms with Crippen molar-refractivity contribution in [2.45, 2.75) is 13.0 Å². The topological polar surface area (TPSA) is 102 Å². The molecule has 0 aliphatic carbocycles. The number of amides is 1. The fourth-order valence-corrected chi connectivity index (χ4v) is 2.57. The van der Waals surface area contributed by atoms with Crippen LogP contribution in [0.25, 0.3) is 0 Å². The van der Waals surface area contributed by atoms with E-state index in [1.165, 1.54) is 19.1 Å². The average molecular weight is 362 g/mol. The van der Waals surface area contributed by atoms with Crippen molar-refractivity contribution in [3.8, 4) is 0 Å². The first-order chi connectivity index (χ1) is 11.8. The van der Waals surface area contributed by atoms with Crippen LogP contribution >= 0.6 is 0 Å². The summed E-state index contributed by atoms with van der Waals surface area (Å²) in [4.78, 5) is 24.4. The van der Waals surface area contributed by atoms with Crippen molar-refractivity contribution < 1.29 is 22.7 Å². The van der Waals surface area contributed by atoms with E-state index in [9.17, 15) is 18.0 Å². The summed E-state index contributed by atoms with van der Waals surface area (Å²) >= 11 is 0. The molecule has 2 aromatic rings. The van der Waals surface area contributed by atoms with Crippen molar-refractivity contribution in [2.24, 2.45) is 0 Å². The van der Waals surface area contributed by atoms with Crippen molar-refractivity contribution in [2.75, 3.05) is 16.3 Å². The van der Waals surface area contributed by atoms with E-state index in [-0.39, 0.29) is 11.3 Å². The zero-order valence-corrected chi connectivity index (χ0v) is 14.5. The highest BCUT2D eigenvalue weighted by molar-refractivity contribution is 7.92. The van der Waals surface area contributed by atoms with Crippen LogP contribution in [-0.4, -0.2) is 32.7 Å². The van der Waals surface area contributed by atoms with Gasteiger partial charge in [0.25, 0.3) is 5.91 Å². The van der Waals surface area contributed by atoms with Gasteiger partial charge in [0.2, 0.25) is 10.0 Å². The minimum atomic E-state index is -3.56. The Morgan fingerprint density at radius 2 is 1.60 bits per heavy atom. The summed E-state index contributed by atoms with van der Waals surface area (Å²) in [6.45, 7) is 1.43. The Kier molecular flexibility index (Phi) is 5.76. The number of hydrogen-bond donors (Lipinski definition) is 2. The summed E-state index contributed by atoms with van der Waals surface area (Å²) in [7, 11) is -3.56. The molecule has 2 rings (SSSR count). The number of carbonyl (C=O) groups is 2. The van der Waals surface area contributed by atoms with Crippen LogP contribution < -0.4 is 10.0 Å². The summed E-state index contributed by atoms with van der Waals surface area (Å²) in [5.74, 6) is -1.30. The molecule has 8 heteroatoms. The molecule has 0 saturated carbocycles. The predicted octanol–water partition coefficient (Wildman–Crippen LogP) is 2.24. The van der Waals surface area contributed by atoms with Crippen LogP contribution in [-0.2, 0) is 19.6 Å². The van der Waals surface area contributed by atoms with Crippen LogP contribution in [0.4, 0.5) is 11.4 Å². The van der Waals surface area contributed by atoms with Gasteiger partial charge in [-0.05, 0) is 31.2 Å². The maximum Gasteiger partial charge on any atom is 0.341 e. The van der Waals surface area contributed by atoms with E-state index in [1.807, 2.05) is 6.07 Å². The summed E-state index contributed by atoms with van der Waals surface area (Å²) in [5, 5.41) is 2.62. The Labute approximate surface area is 146 Å². The fraction of sp³-hybridized carbons (Fsp3) is 0.176. The largest absolute Gasteiger partial charge is 0.449 e. The number of para-hydroxylation sites is 2. The van der Waals surface area contributed by atoms with Gasteiger partial charge in [0.05, 0.1) is 17.5 Å². The SMILES string of the molecule is CC(OC(=O)c1ccccc1NS(C)(=O)=O)C(=O)Nc1ccccc1. The molecule has 132 valence electrons. The first-order valence-electron chi connectivity index (χ1n) is 7.40. The van der Waals surface area contributed by atoms with Crippen LogP contribution in [0.2, 0.25) is 0 Å². The monoisotopic (exact) mass is 362 g/mol. The minimum absolute atomic E-state index is 0.0206. The number of benzene rings is 2. The maximum atomic E-state index is 12.3. The molecule has 0 aliphatic rings. The molecule has 2 N–H and O–H groups in total. The summed E-state index contributed by atoms with van der Waals surface area (Å²) in [5.41, 5.74) is 0.687. The van der Waals surface area contributed by atoms with Gasteiger partial charge in [0.1, 0.15) is 0 Å². The Morgan fingerprint density at radius 3 is 2.24 bits per heavy atom. The molecule has 0 spiro atoms. The standard InChI is InChI=1S/C17H18N2O5S/c1-12(16(20)18-13-8-4-3-5-9-13)24-17(21)14-10-6-7-11-15(14)19-25(2,22)23/h3-12,19H,1-2H3,(H,18,20). The normalized spacial score (nSPS) is 12.1. The highest BCUT2D eigenvalue weighted by Gasteiger charge is 2.21. The summed E-state index contributed by atoms with van der Waals surface area (Å²) in [6.07, 6.45) is -0.0793. The highest BCUT2D eigenvalue weighted by atomic mass is 32.2. The van der Waals surface area contributed by atoms with Crippen molar-refractivity contribution >= 4 is 33.3 Å². The Bertz CT molecular complexity index is 866. The van der Waals surface area contributed by atoms with Crippen LogP contribution in [0.5, 0.6) is 0 Å². The van der Waals surface area contributed by atoms with E-state index in [1.54, 1.807) is 36.4 Å². The number of anilines is 2. The fourth-order valence-electron chi connectivity index (χ4n) is 1.99. The molecule has 7 nitrogen and oxygen atoms in total. The van der Waals surface area contributed by atoms with Gasteiger partial charge >= 0.3 is 5.97 Å². The number of esters is 1. The van der Waals surface area contributed by atoms with Crippen LogP contribution in [0.3, 0.4) is 0 Å². The first kappa shape index (κ1) is 18.5. The molecule has 25 heavy (non-hydrogen) atoms. The second-order valence-electron chi connectivity index (χ2n) is 5.32. The molecule has 1 amide bonds. The number of nitrogens with one attached hydrogen (secondary N) is 2. The van der Waals surface area contributed by atoms with Gasteiger partial charge in [-0.2, -0.15) is 0 Å². The molecule has 0 aliphatic heterocycles. The van der Waals surface area contributed by atoms with E-state index in [4.69, 9.17) is 4.74 Å². The molecule has 1 unspecified atom stereocenters. The van der Waals surface area contributed by atoms with E-state index >= 15 is 0 Å². The van der Waals surface area contributed by atoms with Crippen LogP contribution in [0.15, 0.2) is 54.6 Å². The predicted molar refractivity (Wildman–Crippen MR) is 94.9 cm³/mol. The van der Waals surface area contributed by atoms with Crippen molar-refractivity contribution in [3.63, 3.8) is 0 Å². The van der Waals surface area contributed by atoms with Gasteiger partial charge in [-0.15, -0.1) is 0 Å². The van der Waals surface area contributed by atoms with Crippen molar-refractivity contribution in [3.05, 3.63) is 60.2 Å². The van der Waals surface area contributed by atoms with Crippen molar-refractivity contribution in [1.29, 1.82) is 0 Å². The second kappa shape index (κ2) is 7.80. The van der Waals surface area contributed by atoms with Crippen LogP contribution in [0.1, 0.15) is 17.3 Å². The Balaban J connectivity index is 2.07. The third kappa shape index (κ3) is 5.61. The second-order valence-corrected chi connectivity index (χ2v) is 7.07. The number of ether oxygens (including phenoxy) is 1. The average Bonchev–Trinajstić information content (AvgIpc) is 2.54. The highest BCUT2D eigenvalue weighted by Crippen LogP contribution is 2.18. The molecule has 0 fully saturated rings. The maximum absolute atomic E-state index is 12.3. The lowest BCUT2D eigenvalue weighted by molar-refractivity contribution is -0.123. The number of carbonyl (C=O) groups excluding carboxylic acids is 2. The van der Waals surface area contributed by atoms with Gasteiger partial charge in [-0.25, -0.2) is 13.2 Å². The molecule has 0 radical (unpaired) electrons. The molecule has 0 heterocycles. The number of sulfonamides is 1. The third-order valence-corrected chi connectivity index (χ3v) is 3.73. The quantitative estimate of drug-likeness (QED) is 0.768. The molecule has 0 bridgehead atoms. The number of rotatable bonds is 6. The van der Waals surface area contributed by atoms with Gasteiger partial charge in [-0.1, -0.05) is 30.3 Å². The lowest BCUT2D eigenvalue weighted by Crippen LogP contribution is -2.30. The molecule has 1 atom stereocenters. The minimum Gasteiger partial charge on any atom is -0.449 e. The Hall–Kier alpha value is -2.87. The lowest BCUT2D eigenvalue weighted by atomic mass is 10.2. The van der Waals surface area contributed by atoms with E-state index < -0.39 is 28.0 Å². The zero-order valence-electron chi connectivity index (χ0n) is 13.7. The van der Waals surface area contributed by atoms with E-state index in [0.717, 1.165) is 6.26 Å². The molecular formula is C17H18N2O5S. The number of hydrogen-bond acceptors (Lipinski definition) is 5. The third-order valence-electron chi connectivity index (χ3n) is 3.14. The summed E-state index contributed by atoms with van der Waals surface area (Å²) < 4.78 is 30.1. The first-order valence-corrected chi connectivity index (χ1v) is 9.29. The van der Waals surface area contributed by atoms with Crippen LogP contribution in [0, 0.1) is 0 Å². The molecule has 0 saturated heterocycles. The van der Waals surface area contributed by atoms with Gasteiger partial charge in [0, 0.05) is 5.69 Å².